The van der Waals surface area contributed by atoms with Crippen LogP contribution in [0.25, 0.3) is 0 Å². The molecule has 0 aliphatic carbocycles. The van der Waals surface area contributed by atoms with Crippen molar-refractivity contribution in [1.29, 1.82) is 5.26 Å². The molecule has 0 fully saturated rings. The Morgan fingerprint density at radius 2 is 2.36 bits per heavy atom. The van der Waals surface area contributed by atoms with E-state index in [0.717, 1.165) is 0 Å². The van der Waals surface area contributed by atoms with Crippen LogP contribution in [0.15, 0.2) is 18.3 Å². The van der Waals surface area contributed by atoms with Gasteiger partial charge in [0.25, 0.3) is 0 Å². The molecule has 0 aromatic carbocycles. The maximum atomic E-state index is 11.0. The maximum absolute atomic E-state index is 11.0. The molecule has 0 amide bonds. The monoisotopic (exact) mass is 186 g/mol. The highest BCUT2D eigenvalue weighted by atomic mass is 16.5. The summed E-state index contributed by atoms with van der Waals surface area (Å²) in [6.07, 6.45) is 1.35. The fraction of sp³-hybridized carbons (Fsp3) is 0.100. The van der Waals surface area contributed by atoms with Crippen molar-refractivity contribution in [2.75, 3.05) is 7.11 Å². The largest absolute Gasteiger partial charge is 0.465 e. The van der Waals surface area contributed by atoms with Gasteiger partial charge in [0.2, 0.25) is 0 Å². The minimum atomic E-state index is -0.447. The van der Waals surface area contributed by atoms with E-state index in [2.05, 4.69) is 21.6 Å². The number of aromatic nitrogens is 1. The summed E-state index contributed by atoms with van der Waals surface area (Å²) in [5.41, 5.74) is 0.800. The SMILES string of the molecule is COC(=O)c1ccc(C#CC#N)nc1. The van der Waals surface area contributed by atoms with Crippen LogP contribution < -0.4 is 0 Å². The molecular formula is C10H6N2O2. The zero-order valence-electron chi connectivity index (χ0n) is 7.44. The van der Waals surface area contributed by atoms with Crippen molar-refractivity contribution in [3.63, 3.8) is 0 Å². The van der Waals surface area contributed by atoms with E-state index in [4.69, 9.17) is 5.26 Å². The summed E-state index contributed by atoms with van der Waals surface area (Å²) in [4.78, 5) is 14.8. The van der Waals surface area contributed by atoms with E-state index in [0.29, 0.717) is 11.3 Å². The number of pyridine rings is 1. The van der Waals surface area contributed by atoms with Crippen LogP contribution in [0.4, 0.5) is 0 Å². The number of carbonyl (C=O) groups excluding carboxylic acids is 1. The Labute approximate surface area is 81.1 Å². The van der Waals surface area contributed by atoms with Crippen molar-refractivity contribution in [2.45, 2.75) is 0 Å². The Hall–Kier alpha value is -2.33. The zero-order valence-corrected chi connectivity index (χ0v) is 7.44. The lowest BCUT2D eigenvalue weighted by Crippen LogP contribution is -2.01. The molecule has 0 aliphatic rings. The fourth-order valence-corrected chi connectivity index (χ4v) is 0.798. The number of nitrogens with zero attached hydrogens (tertiary/aromatic N) is 2. The summed E-state index contributed by atoms with van der Waals surface area (Å²) in [6, 6.07) is 4.77. The van der Waals surface area contributed by atoms with Crippen LogP contribution in [0.5, 0.6) is 0 Å². The van der Waals surface area contributed by atoms with Gasteiger partial charge in [0.15, 0.2) is 6.07 Å². The Morgan fingerprint density at radius 1 is 1.57 bits per heavy atom. The van der Waals surface area contributed by atoms with Crippen LogP contribution >= 0.6 is 0 Å². The summed E-state index contributed by atoms with van der Waals surface area (Å²) in [7, 11) is 1.30. The van der Waals surface area contributed by atoms with E-state index in [9.17, 15) is 4.79 Å². The predicted octanol–water partition coefficient (Wildman–Crippen LogP) is 0.743. The second-order valence-corrected chi connectivity index (χ2v) is 2.29. The van der Waals surface area contributed by atoms with Gasteiger partial charge >= 0.3 is 5.97 Å². The van der Waals surface area contributed by atoms with E-state index in [-0.39, 0.29) is 0 Å². The lowest BCUT2D eigenvalue weighted by Gasteiger charge is -1.96. The van der Waals surface area contributed by atoms with Gasteiger partial charge in [-0.2, -0.15) is 5.26 Å². The highest BCUT2D eigenvalue weighted by Gasteiger charge is 2.03. The van der Waals surface area contributed by atoms with Crippen molar-refractivity contribution in [1.82, 2.24) is 4.98 Å². The first kappa shape index (κ1) is 9.76. The van der Waals surface area contributed by atoms with Crippen LogP contribution in [-0.4, -0.2) is 18.1 Å². The topological polar surface area (TPSA) is 63.0 Å². The van der Waals surface area contributed by atoms with Crippen LogP contribution in [0.2, 0.25) is 0 Å². The van der Waals surface area contributed by atoms with Crippen molar-refractivity contribution < 1.29 is 9.53 Å². The molecule has 4 heteroatoms. The molecule has 0 N–H and O–H groups in total. The third-order valence-electron chi connectivity index (χ3n) is 1.43. The highest BCUT2D eigenvalue weighted by molar-refractivity contribution is 5.88. The molecule has 1 heterocycles. The molecule has 4 nitrogen and oxygen atoms in total. The third-order valence-corrected chi connectivity index (χ3v) is 1.43. The van der Waals surface area contributed by atoms with Crippen LogP contribution in [0.3, 0.4) is 0 Å². The third kappa shape index (κ3) is 2.33. The van der Waals surface area contributed by atoms with Crippen molar-refractivity contribution >= 4 is 5.97 Å². The molecule has 14 heavy (non-hydrogen) atoms. The maximum Gasteiger partial charge on any atom is 0.339 e. The molecule has 1 aromatic heterocycles. The van der Waals surface area contributed by atoms with Gasteiger partial charge in [0.1, 0.15) is 5.69 Å². The second kappa shape index (κ2) is 4.64. The Bertz CT molecular complexity index is 432. The van der Waals surface area contributed by atoms with Gasteiger partial charge in [-0.3, -0.25) is 0 Å². The molecule has 0 spiro atoms. The molecule has 0 radical (unpaired) electrons. The number of carbonyl (C=O) groups is 1. The number of hydrogen-bond donors (Lipinski definition) is 0. The fourth-order valence-electron chi connectivity index (χ4n) is 0.798. The Balaban J connectivity index is 2.90. The van der Waals surface area contributed by atoms with Gasteiger partial charge in [-0.15, -0.1) is 0 Å². The van der Waals surface area contributed by atoms with Crippen LogP contribution in [0.1, 0.15) is 16.1 Å². The number of esters is 1. The first-order chi connectivity index (χ1) is 6.77. The predicted molar refractivity (Wildman–Crippen MR) is 48.1 cm³/mol. The first-order valence-corrected chi connectivity index (χ1v) is 3.72. The number of methoxy groups -OCH3 is 1. The number of nitriles is 1. The van der Waals surface area contributed by atoms with E-state index in [1.54, 1.807) is 18.2 Å². The summed E-state index contributed by atoms with van der Waals surface area (Å²) >= 11 is 0. The normalized spacial score (nSPS) is 8.00. The minimum Gasteiger partial charge on any atom is -0.465 e. The molecule has 0 unspecified atom stereocenters. The van der Waals surface area contributed by atoms with Crippen LogP contribution in [0, 0.1) is 23.2 Å². The minimum absolute atomic E-state index is 0.356. The van der Waals surface area contributed by atoms with Gasteiger partial charge in [-0.25, -0.2) is 9.78 Å². The molecule has 68 valence electrons. The van der Waals surface area contributed by atoms with Gasteiger partial charge in [-0.1, -0.05) is 0 Å². The quantitative estimate of drug-likeness (QED) is 0.479. The lowest BCUT2D eigenvalue weighted by atomic mass is 10.2. The second-order valence-electron chi connectivity index (χ2n) is 2.29. The van der Waals surface area contributed by atoms with Gasteiger partial charge in [0.05, 0.1) is 12.7 Å². The molecule has 0 aliphatic heterocycles. The van der Waals surface area contributed by atoms with Gasteiger partial charge < -0.3 is 4.74 Å². The molecule has 1 aromatic rings. The molecule has 0 atom stereocenters. The van der Waals surface area contributed by atoms with E-state index >= 15 is 0 Å². The van der Waals surface area contributed by atoms with E-state index < -0.39 is 5.97 Å². The average Bonchev–Trinajstić information content (AvgIpc) is 2.26. The zero-order chi connectivity index (χ0) is 10.4. The Morgan fingerprint density at radius 3 is 2.86 bits per heavy atom. The summed E-state index contributed by atoms with van der Waals surface area (Å²) < 4.78 is 4.49. The number of hydrogen-bond acceptors (Lipinski definition) is 4. The summed E-state index contributed by atoms with van der Waals surface area (Å²) in [5.74, 6) is 4.26. The highest BCUT2D eigenvalue weighted by Crippen LogP contribution is 2.00. The van der Waals surface area contributed by atoms with Crippen molar-refractivity contribution in [3.05, 3.63) is 29.6 Å². The summed E-state index contributed by atoms with van der Waals surface area (Å²) in [5, 5.41) is 8.18. The van der Waals surface area contributed by atoms with E-state index in [1.165, 1.54) is 13.3 Å². The number of ether oxygens (including phenoxy) is 1. The molecule has 0 saturated carbocycles. The lowest BCUT2D eigenvalue weighted by molar-refractivity contribution is 0.0600. The summed E-state index contributed by atoms with van der Waals surface area (Å²) in [6.45, 7) is 0. The molecule has 0 bridgehead atoms. The number of rotatable bonds is 1. The molecule has 0 saturated heterocycles. The van der Waals surface area contributed by atoms with Gasteiger partial charge in [-0.05, 0) is 18.1 Å². The first-order valence-electron chi connectivity index (χ1n) is 3.72. The standard InChI is InChI=1S/C10H6N2O2/c1-14-10(13)8-4-5-9(12-7-8)3-2-6-11/h4-5,7H,1H3. The van der Waals surface area contributed by atoms with Crippen molar-refractivity contribution in [3.8, 4) is 17.9 Å². The average molecular weight is 186 g/mol. The van der Waals surface area contributed by atoms with Crippen molar-refractivity contribution in [2.24, 2.45) is 0 Å². The Kier molecular flexibility index (Phi) is 3.23. The smallest absolute Gasteiger partial charge is 0.339 e. The molecule has 1 rings (SSSR count). The van der Waals surface area contributed by atoms with Gasteiger partial charge in [0, 0.05) is 12.1 Å². The van der Waals surface area contributed by atoms with E-state index in [1.807, 2.05) is 0 Å². The molecular weight excluding hydrogens is 180 g/mol. The van der Waals surface area contributed by atoms with Crippen LogP contribution in [-0.2, 0) is 4.74 Å².